The van der Waals surface area contributed by atoms with Crippen molar-refractivity contribution in [2.24, 2.45) is 0 Å². The average Bonchev–Trinajstić information content (AvgIpc) is 2.28. The molecule has 1 heterocycles. The van der Waals surface area contributed by atoms with E-state index in [9.17, 15) is 4.39 Å². The van der Waals surface area contributed by atoms with Crippen molar-refractivity contribution >= 4 is 17.6 Å². The molecule has 0 aliphatic heterocycles. The van der Waals surface area contributed by atoms with Gasteiger partial charge in [-0.15, -0.1) is 11.8 Å². The highest BCUT2D eigenvalue weighted by Crippen LogP contribution is 2.22. The number of benzene rings is 1. The Balaban J connectivity index is 1.99. The lowest BCUT2D eigenvalue weighted by Gasteiger charge is -2.02. The van der Waals surface area contributed by atoms with Gasteiger partial charge in [-0.2, -0.15) is 0 Å². The Morgan fingerprint density at radius 3 is 2.81 bits per heavy atom. The predicted molar refractivity (Wildman–Crippen MR) is 64.6 cm³/mol. The maximum Gasteiger partial charge on any atom is 0.123 e. The van der Waals surface area contributed by atoms with Gasteiger partial charge in [0.1, 0.15) is 11.6 Å². The summed E-state index contributed by atoms with van der Waals surface area (Å²) in [5.74, 6) is 1.03. The molecule has 0 aliphatic carbocycles. The lowest BCUT2D eigenvalue weighted by atomic mass is 10.2. The molecule has 0 bridgehead atoms. The number of nitrogen functional groups attached to an aromatic ring is 1. The van der Waals surface area contributed by atoms with Crippen molar-refractivity contribution in [1.82, 2.24) is 4.98 Å². The molecular weight excluding hydrogens is 223 g/mol. The smallest absolute Gasteiger partial charge is 0.123 e. The van der Waals surface area contributed by atoms with E-state index in [1.165, 1.54) is 12.1 Å². The summed E-state index contributed by atoms with van der Waals surface area (Å²) in [7, 11) is 0. The van der Waals surface area contributed by atoms with Crippen molar-refractivity contribution in [2.75, 3.05) is 5.73 Å². The van der Waals surface area contributed by atoms with E-state index in [-0.39, 0.29) is 5.82 Å². The van der Waals surface area contributed by atoms with Crippen LogP contribution in [0.3, 0.4) is 0 Å². The first-order valence-electron chi connectivity index (χ1n) is 4.83. The standard InChI is InChI=1S/C12H11FN2S/c13-10-3-1-2-9(6-10)8-16-11-4-5-12(14)15-7-11/h1-7H,8H2,(H2,14,15). The summed E-state index contributed by atoms with van der Waals surface area (Å²) in [4.78, 5) is 5.02. The van der Waals surface area contributed by atoms with Crippen molar-refractivity contribution in [2.45, 2.75) is 10.6 Å². The minimum atomic E-state index is -0.200. The van der Waals surface area contributed by atoms with Crippen LogP contribution in [0.4, 0.5) is 10.2 Å². The number of rotatable bonds is 3. The third kappa shape index (κ3) is 2.97. The summed E-state index contributed by atoms with van der Waals surface area (Å²) < 4.78 is 12.9. The third-order valence-corrected chi connectivity index (χ3v) is 3.11. The number of pyridine rings is 1. The van der Waals surface area contributed by atoms with Crippen LogP contribution in [0.25, 0.3) is 0 Å². The number of aromatic nitrogens is 1. The van der Waals surface area contributed by atoms with Gasteiger partial charge in [-0.1, -0.05) is 12.1 Å². The molecule has 0 spiro atoms. The summed E-state index contributed by atoms with van der Waals surface area (Å²) in [6, 6.07) is 10.3. The van der Waals surface area contributed by atoms with E-state index in [1.807, 2.05) is 12.1 Å². The monoisotopic (exact) mass is 234 g/mol. The number of anilines is 1. The Labute approximate surface area is 97.7 Å². The quantitative estimate of drug-likeness (QED) is 0.829. The second-order valence-electron chi connectivity index (χ2n) is 3.34. The highest BCUT2D eigenvalue weighted by atomic mass is 32.2. The van der Waals surface area contributed by atoms with Gasteiger partial charge in [-0.25, -0.2) is 9.37 Å². The van der Waals surface area contributed by atoms with Gasteiger partial charge in [-0.3, -0.25) is 0 Å². The van der Waals surface area contributed by atoms with E-state index in [4.69, 9.17) is 5.73 Å². The van der Waals surface area contributed by atoms with Crippen LogP contribution < -0.4 is 5.73 Å². The molecule has 0 amide bonds. The van der Waals surface area contributed by atoms with Gasteiger partial charge in [0.05, 0.1) is 0 Å². The predicted octanol–water partition coefficient (Wildman–Crippen LogP) is 3.10. The molecule has 0 saturated carbocycles. The Hall–Kier alpha value is -1.55. The molecular formula is C12H11FN2S. The van der Waals surface area contributed by atoms with E-state index in [0.29, 0.717) is 5.82 Å². The zero-order chi connectivity index (χ0) is 11.4. The van der Waals surface area contributed by atoms with Gasteiger partial charge in [0.2, 0.25) is 0 Å². The molecule has 1 aromatic carbocycles. The van der Waals surface area contributed by atoms with Crippen molar-refractivity contribution < 1.29 is 4.39 Å². The van der Waals surface area contributed by atoms with E-state index in [0.717, 1.165) is 16.2 Å². The number of nitrogens with two attached hydrogens (primary N) is 1. The molecule has 2 aromatic rings. The maximum atomic E-state index is 12.9. The van der Waals surface area contributed by atoms with Gasteiger partial charge >= 0.3 is 0 Å². The first-order chi connectivity index (χ1) is 7.74. The summed E-state index contributed by atoms with van der Waals surface area (Å²) in [6.45, 7) is 0. The van der Waals surface area contributed by atoms with Crippen molar-refractivity contribution in [3.8, 4) is 0 Å². The maximum absolute atomic E-state index is 12.9. The van der Waals surface area contributed by atoms with Crippen molar-refractivity contribution in [1.29, 1.82) is 0 Å². The minimum Gasteiger partial charge on any atom is -0.384 e. The van der Waals surface area contributed by atoms with Crippen LogP contribution in [0, 0.1) is 5.82 Å². The van der Waals surface area contributed by atoms with E-state index >= 15 is 0 Å². The molecule has 0 radical (unpaired) electrons. The fraction of sp³-hybridized carbons (Fsp3) is 0.0833. The molecule has 16 heavy (non-hydrogen) atoms. The van der Waals surface area contributed by atoms with Gasteiger partial charge < -0.3 is 5.73 Å². The van der Waals surface area contributed by atoms with Crippen molar-refractivity contribution in [3.63, 3.8) is 0 Å². The van der Waals surface area contributed by atoms with Gasteiger partial charge in [0.25, 0.3) is 0 Å². The first kappa shape index (κ1) is 11.0. The van der Waals surface area contributed by atoms with Crippen LogP contribution in [0.5, 0.6) is 0 Å². The first-order valence-corrected chi connectivity index (χ1v) is 5.81. The lowest BCUT2D eigenvalue weighted by molar-refractivity contribution is 0.626. The summed E-state index contributed by atoms with van der Waals surface area (Å²) in [6.07, 6.45) is 1.72. The summed E-state index contributed by atoms with van der Waals surface area (Å²) >= 11 is 1.61. The Morgan fingerprint density at radius 1 is 1.25 bits per heavy atom. The molecule has 4 heteroatoms. The highest BCUT2D eigenvalue weighted by molar-refractivity contribution is 7.98. The topological polar surface area (TPSA) is 38.9 Å². The molecule has 2 rings (SSSR count). The van der Waals surface area contributed by atoms with E-state index < -0.39 is 0 Å². The molecule has 2 N–H and O–H groups in total. The second kappa shape index (κ2) is 4.99. The second-order valence-corrected chi connectivity index (χ2v) is 4.39. The van der Waals surface area contributed by atoms with Crippen LogP contribution in [-0.4, -0.2) is 4.98 Å². The number of halogens is 1. The zero-order valence-corrected chi connectivity index (χ0v) is 9.38. The van der Waals surface area contributed by atoms with Crippen LogP contribution in [0.15, 0.2) is 47.5 Å². The number of hydrogen-bond donors (Lipinski definition) is 1. The third-order valence-electron chi connectivity index (χ3n) is 2.05. The summed E-state index contributed by atoms with van der Waals surface area (Å²) in [5.41, 5.74) is 6.44. The molecule has 0 fully saturated rings. The fourth-order valence-electron chi connectivity index (χ4n) is 1.27. The Bertz CT molecular complexity index is 471. The lowest BCUT2D eigenvalue weighted by Crippen LogP contribution is -1.88. The van der Waals surface area contributed by atoms with Crippen LogP contribution >= 0.6 is 11.8 Å². The Morgan fingerprint density at radius 2 is 2.12 bits per heavy atom. The normalized spacial score (nSPS) is 10.3. The minimum absolute atomic E-state index is 0.200. The van der Waals surface area contributed by atoms with Gasteiger partial charge in [0.15, 0.2) is 0 Å². The van der Waals surface area contributed by atoms with E-state index in [2.05, 4.69) is 4.98 Å². The molecule has 0 aliphatic rings. The fourth-order valence-corrected chi connectivity index (χ4v) is 2.07. The molecule has 0 saturated heterocycles. The Kier molecular flexibility index (Phi) is 3.41. The molecule has 0 atom stereocenters. The SMILES string of the molecule is Nc1ccc(SCc2cccc(F)c2)cn1. The zero-order valence-electron chi connectivity index (χ0n) is 8.56. The highest BCUT2D eigenvalue weighted by Gasteiger charge is 1.98. The van der Waals surface area contributed by atoms with E-state index in [1.54, 1.807) is 30.1 Å². The molecule has 82 valence electrons. The van der Waals surface area contributed by atoms with Gasteiger partial charge in [0, 0.05) is 16.8 Å². The van der Waals surface area contributed by atoms with Crippen LogP contribution in [0.2, 0.25) is 0 Å². The molecule has 0 unspecified atom stereocenters. The van der Waals surface area contributed by atoms with Crippen LogP contribution in [-0.2, 0) is 5.75 Å². The largest absolute Gasteiger partial charge is 0.384 e. The van der Waals surface area contributed by atoms with Crippen LogP contribution in [0.1, 0.15) is 5.56 Å². The van der Waals surface area contributed by atoms with Gasteiger partial charge in [-0.05, 0) is 29.8 Å². The number of nitrogens with zero attached hydrogens (tertiary/aromatic N) is 1. The molecule has 2 nitrogen and oxygen atoms in total. The molecule has 1 aromatic heterocycles. The summed E-state index contributed by atoms with van der Waals surface area (Å²) in [5, 5.41) is 0. The average molecular weight is 234 g/mol. The number of thioether (sulfide) groups is 1. The number of hydrogen-bond acceptors (Lipinski definition) is 3. The van der Waals surface area contributed by atoms with Crippen molar-refractivity contribution in [3.05, 3.63) is 54.0 Å².